The molecule has 1 aliphatic carbocycles. The lowest BCUT2D eigenvalue weighted by atomic mass is 9.52. The van der Waals surface area contributed by atoms with E-state index in [0.717, 1.165) is 19.3 Å². The zero-order chi connectivity index (χ0) is 22.4. The van der Waals surface area contributed by atoms with Crippen molar-refractivity contribution in [2.24, 2.45) is 17.8 Å². The standard InChI is InChI=1S/C23H36N4O4/c1-13-10-19(27-31-13)21(29)24-8-6-20-18-12-16-11-17(14(2)25-22(16,4)5)23(18,7-9-30-20)26-15(3)28/h10,14,16-18,20,25H,6-9,11-12H2,1-5H3,(H,24,29)(H,26,28)/t14-,16-,17+,18+,20+,23+/m1/s1. The Bertz CT molecular complexity index is 837. The molecule has 3 fully saturated rings. The van der Waals surface area contributed by atoms with E-state index in [1.165, 1.54) is 0 Å². The van der Waals surface area contributed by atoms with E-state index in [0.29, 0.717) is 48.9 Å². The molecule has 8 nitrogen and oxygen atoms in total. The highest BCUT2D eigenvalue weighted by Gasteiger charge is 2.60. The van der Waals surface area contributed by atoms with Crippen molar-refractivity contribution in [3.8, 4) is 0 Å². The second kappa shape index (κ2) is 8.20. The first-order valence-corrected chi connectivity index (χ1v) is 11.5. The third-order valence-electron chi connectivity index (χ3n) is 7.90. The first-order valence-electron chi connectivity index (χ1n) is 11.5. The number of hydrogen-bond acceptors (Lipinski definition) is 6. The highest BCUT2D eigenvalue weighted by atomic mass is 16.5. The van der Waals surface area contributed by atoms with Gasteiger partial charge in [-0.05, 0) is 65.2 Å². The van der Waals surface area contributed by atoms with Gasteiger partial charge in [-0.1, -0.05) is 5.16 Å². The molecule has 6 atom stereocenters. The fraction of sp³-hybridized carbons (Fsp3) is 0.783. The van der Waals surface area contributed by atoms with Gasteiger partial charge in [0.2, 0.25) is 5.91 Å². The minimum atomic E-state index is -0.262. The zero-order valence-electron chi connectivity index (χ0n) is 19.3. The molecule has 2 saturated heterocycles. The predicted molar refractivity (Wildman–Crippen MR) is 115 cm³/mol. The van der Waals surface area contributed by atoms with Crippen LogP contribution in [0.2, 0.25) is 0 Å². The van der Waals surface area contributed by atoms with Crippen LogP contribution in [0, 0.1) is 24.7 Å². The maximum atomic E-state index is 12.3. The normalized spacial score (nSPS) is 36.4. The van der Waals surface area contributed by atoms with Crippen molar-refractivity contribution in [1.29, 1.82) is 0 Å². The van der Waals surface area contributed by atoms with Gasteiger partial charge in [-0.3, -0.25) is 9.59 Å². The number of nitrogens with zero attached hydrogens (tertiary/aromatic N) is 1. The largest absolute Gasteiger partial charge is 0.378 e. The molecule has 0 radical (unpaired) electrons. The molecule has 1 aromatic rings. The Balaban J connectivity index is 1.51. The second-order valence-electron chi connectivity index (χ2n) is 10.3. The van der Waals surface area contributed by atoms with Gasteiger partial charge in [0.05, 0.1) is 11.6 Å². The summed E-state index contributed by atoms with van der Waals surface area (Å²) in [4.78, 5) is 24.6. The number of aryl methyl sites for hydroxylation is 1. The number of carbonyl (C=O) groups is 2. The molecule has 31 heavy (non-hydrogen) atoms. The van der Waals surface area contributed by atoms with Crippen molar-refractivity contribution in [3.05, 3.63) is 17.5 Å². The lowest BCUT2D eigenvalue weighted by Gasteiger charge is -2.63. The predicted octanol–water partition coefficient (Wildman–Crippen LogP) is 2.18. The van der Waals surface area contributed by atoms with Crippen LogP contribution in [0.3, 0.4) is 0 Å². The number of piperidine rings is 1. The molecule has 3 N–H and O–H groups in total. The summed E-state index contributed by atoms with van der Waals surface area (Å²) in [6.07, 6.45) is 3.65. The van der Waals surface area contributed by atoms with Crippen molar-refractivity contribution in [2.75, 3.05) is 13.2 Å². The van der Waals surface area contributed by atoms with Crippen LogP contribution in [0.5, 0.6) is 0 Å². The summed E-state index contributed by atoms with van der Waals surface area (Å²) in [7, 11) is 0. The molecule has 2 aliphatic heterocycles. The average Bonchev–Trinajstić information content (AvgIpc) is 3.11. The molecule has 0 aromatic carbocycles. The monoisotopic (exact) mass is 432 g/mol. The lowest BCUT2D eigenvalue weighted by Crippen LogP contribution is -2.75. The molecule has 0 spiro atoms. The van der Waals surface area contributed by atoms with Gasteiger partial charge in [-0.25, -0.2) is 0 Å². The molecule has 3 aliphatic rings. The Morgan fingerprint density at radius 3 is 2.71 bits per heavy atom. The van der Waals surface area contributed by atoms with Crippen LogP contribution in [0.25, 0.3) is 0 Å². The lowest BCUT2D eigenvalue weighted by molar-refractivity contribution is -0.159. The number of fused-ring (bicyclic) bond motifs is 4. The molecule has 2 bridgehead atoms. The Labute approximate surface area is 184 Å². The fourth-order valence-corrected chi connectivity index (χ4v) is 6.55. The Morgan fingerprint density at radius 2 is 2.03 bits per heavy atom. The Morgan fingerprint density at radius 1 is 1.29 bits per heavy atom. The van der Waals surface area contributed by atoms with E-state index >= 15 is 0 Å². The molecule has 4 rings (SSSR count). The summed E-state index contributed by atoms with van der Waals surface area (Å²) in [6.45, 7) is 11.3. The van der Waals surface area contributed by atoms with Gasteiger partial charge in [0, 0.05) is 43.6 Å². The van der Waals surface area contributed by atoms with E-state index in [2.05, 4.69) is 41.9 Å². The van der Waals surface area contributed by atoms with E-state index in [4.69, 9.17) is 9.26 Å². The summed E-state index contributed by atoms with van der Waals surface area (Å²) in [5.41, 5.74) is 0.0873. The van der Waals surface area contributed by atoms with Crippen molar-refractivity contribution in [3.63, 3.8) is 0 Å². The molecule has 1 aromatic heterocycles. The summed E-state index contributed by atoms with van der Waals surface area (Å²) < 4.78 is 11.3. The first kappa shape index (κ1) is 22.3. The quantitative estimate of drug-likeness (QED) is 0.659. The number of amides is 2. The number of carbonyl (C=O) groups excluding carboxylic acids is 2. The highest BCUT2D eigenvalue weighted by molar-refractivity contribution is 5.92. The topological polar surface area (TPSA) is 105 Å². The van der Waals surface area contributed by atoms with E-state index < -0.39 is 0 Å². The van der Waals surface area contributed by atoms with Crippen LogP contribution in [0.4, 0.5) is 0 Å². The molecular weight excluding hydrogens is 396 g/mol. The van der Waals surface area contributed by atoms with Crippen molar-refractivity contribution in [2.45, 2.75) is 83.5 Å². The Kier molecular flexibility index (Phi) is 5.89. The van der Waals surface area contributed by atoms with E-state index in [9.17, 15) is 9.59 Å². The van der Waals surface area contributed by atoms with Crippen LogP contribution < -0.4 is 16.0 Å². The molecule has 2 amide bonds. The molecule has 1 saturated carbocycles. The maximum Gasteiger partial charge on any atom is 0.273 e. The van der Waals surface area contributed by atoms with Gasteiger partial charge in [0.25, 0.3) is 5.91 Å². The maximum absolute atomic E-state index is 12.3. The minimum absolute atomic E-state index is 0.00801. The van der Waals surface area contributed by atoms with E-state index in [-0.39, 0.29) is 34.9 Å². The summed E-state index contributed by atoms with van der Waals surface area (Å²) in [5.74, 6) is 1.52. The summed E-state index contributed by atoms with van der Waals surface area (Å²) in [6, 6.07) is 1.95. The molecule has 3 heterocycles. The van der Waals surface area contributed by atoms with E-state index in [1.807, 2.05) is 0 Å². The molecule has 8 heteroatoms. The van der Waals surface area contributed by atoms with Crippen molar-refractivity contribution in [1.82, 2.24) is 21.1 Å². The number of hydrogen-bond donors (Lipinski definition) is 3. The molecule has 0 unspecified atom stereocenters. The van der Waals surface area contributed by atoms with E-state index in [1.54, 1.807) is 19.9 Å². The summed E-state index contributed by atoms with van der Waals surface area (Å²) in [5, 5.41) is 13.9. The van der Waals surface area contributed by atoms with Gasteiger partial charge < -0.3 is 25.2 Å². The van der Waals surface area contributed by atoms with Gasteiger partial charge >= 0.3 is 0 Å². The van der Waals surface area contributed by atoms with Crippen LogP contribution in [0.15, 0.2) is 10.6 Å². The third kappa shape index (κ3) is 4.12. The fourth-order valence-electron chi connectivity index (χ4n) is 6.55. The van der Waals surface area contributed by atoms with Gasteiger partial charge in [-0.15, -0.1) is 0 Å². The minimum Gasteiger partial charge on any atom is -0.378 e. The smallest absolute Gasteiger partial charge is 0.273 e. The second-order valence-corrected chi connectivity index (χ2v) is 10.3. The van der Waals surface area contributed by atoms with Gasteiger partial charge in [0.15, 0.2) is 5.69 Å². The first-order chi connectivity index (χ1) is 14.6. The van der Waals surface area contributed by atoms with Crippen LogP contribution >= 0.6 is 0 Å². The van der Waals surface area contributed by atoms with Crippen molar-refractivity contribution < 1.29 is 18.8 Å². The van der Waals surface area contributed by atoms with Crippen molar-refractivity contribution >= 4 is 11.8 Å². The number of nitrogens with one attached hydrogen (secondary N) is 3. The van der Waals surface area contributed by atoms with Gasteiger partial charge in [0.1, 0.15) is 5.76 Å². The number of ether oxygens (including phenoxy) is 1. The molecule has 172 valence electrons. The van der Waals surface area contributed by atoms with Gasteiger partial charge in [-0.2, -0.15) is 0 Å². The molecular formula is C23H36N4O4. The zero-order valence-corrected chi connectivity index (χ0v) is 19.3. The SMILES string of the molecule is CC(=O)N[C@]12CCO[C@@H](CCNC(=O)c3cc(C)on3)[C@@H]1C[C@H]1C[C@H]2[C@@H](C)NC1(C)C. The third-order valence-corrected chi connectivity index (χ3v) is 7.90. The van der Waals surface area contributed by atoms with Crippen LogP contribution in [-0.4, -0.2) is 53.3 Å². The number of rotatable bonds is 5. The highest BCUT2D eigenvalue weighted by Crippen LogP contribution is 2.54. The average molecular weight is 433 g/mol. The van der Waals surface area contributed by atoms with Crippen LogP contribution in [-0.2, 0) is 9.53 Å². The number of aromatic nitrogens is 1. The Hall–Kier alpha value is -1.93. The summed E-state index contributed by atoms with van der Waals surface area (Å²) >= 11 is 0. The van der Waals surface area contributed by atoms with Crippen LogP contribution in [0.1, 0.15) is 69.6 Å².